The molecule has 1 heterocycles. The van der Waals surface area contributed by atoms with E-state index in [9.17, 15) is 4.79 Å². The number of carboxylic acid groups (broad SMARTS) is 1. The molecule has 0 spiro atoms. The highest BCUT2D eigenvalue weighted by Crippen LogP contribution is 2.21. The van der Waals surface area contributed by atoms with Crippen molar-refractivity contribution in [3.63, 3.8) is 0 Å². The van der Waals surface area contributed by atoms with Crippen LogP contribution in [0.1, 0.15) is 36.8 Å². The van der Waals surface area contributed by atoms with Gasteiger partial charge in [-0.15, -0.1) is 0 Å². The number of nitrogens with zero attached hydrogens (tertiary/aromatic N) is 2. The van der Waals surface area contributed by atoms with Gasteiger partial charge in [0.15, 0.2) is 0 Å². The van der Waals surface area contributed by atoms with E-state index in [4.69, 9.17) is 10.4 Å². The lowest BCUT2D eigenvalue weighted by Gasteiger charge is -2.10. The molecule has 1 aromatic rings. The zero-order chi connectivity index (χ0) is 11.3. The van der Waals surface area contributed by atoms with Crippen LogP contribution >= 0.6 is 0 Å². The molecule has 1 rings (SSSR count). The van der Waals surface area contributed by atoms with Gasteiger partial charge in [-0.05, 0) is 18.1 Å². The Morgan fingerprint density at radius 3 is 2.93 bits per heavy atom. The second-order valence-corrected chi connectivity index (χ2v) is 3.30. The van der Waals surface area contributed by atoms with Crippen LogP contribution in [0.2, 0.25) is 0 Å². The Bertz CT molecular complexity index is 396. The first-order valence-electron chi connectivity index (χ1n) is 4.77. The molecule has 0 saturated heterocycles. The largest absolute Gasteiger partial charge is 0.481 e. The number of carbonyl (C=O) groups is 1. The Kier molecular flexibility index (Phi) is 3.81. The lowest BCUT2D eigenvalue weighted by Crippen LogP contribution is -2.11. The van der Waals surface area contributed by atoms with E-state index in [0.29, 0.717) is 17.5 Å². The first-order valence-corrected chi connectivity index (χ1v) is 4.77. The maximum Gasteiger partial charge on any atom is 0.311 e. The third-order valence-electron chi connectivity index (χ3n) is 2.17. The third kappa shape index (κ3) is 2.78. The van der Waals surface area contributed by atoms with Crippen LogP contribution in [-0.4, -0.2) is 16.1 Å². The topological polar surface area (TPSA) is 74.0 Å². The molecule has 0 bridgehead atoms. The molecule has 15 heavy (non-hydrogen) atoms. The number of carboxylic acids is 1. The van der Waals surface area contributed by atoms with Crippen molar-refractivity contribution >= 4 is 5.97 Å². The molecule has 4 nitrogen and oxygen atoms in total. The van der Waals surface area contributed by atoms with Crippen molar-refractivity contribution in [1.82, 2.24) is 4.98 Å². The second kappa shape index (κ2) is 5.11. The Hall–Kier alpha value is -1.89. The average molecular weight is 204 g/mol. The maximum absolute atomic E-state index is 11.0. The lowest BCUT2D eigenvalue weighted by molar-refractivity contribution is -0.139. The summed E-state index contributed by atoms with van der Waals surface area (Å²) in [5, 5.41) is 17.7. The smallest absolute Gasteiger partial charge is 0.311 e. The zero-order valence-electron chi connectivity index (χ0n) is 8.47. The van der Waals surface area contributed by atoms with Gasteiger partial charge in [0.05, 0.1) is 11.5 Å². The van der Waals surface area contributed by atoms with E-state index in [1.54, 1.807) is 6.07 Å². The molecule has 0 amide bonds. The fourth-order valence-electron chi connectivity index (χ4n) is 1.43. The van der Waals surface area contributed by atoms with Crippen LogP contribution in [0.4, 0.5) is 0 Å². The SMILES string of the molecule is CCCC(C(=O)O)c1cncc(C#N)c1. The molecule has 0 aliphatic rings. The van der Waals surface area contributed by atoms with Gasteiger partial charge >= 0.3 is 5.97 Å². The van der Waals surface area contributed by atoms with Crippen molar-refractivity contribution in [2.75, 3.05) is 0 Å². The number of aromatic nitrogens is 1. The van der Waals surface area contributed by atoms with Crippen molar-refractivity contribution in [3.05, 3.63) is 29.6 Å². The number of rotatable bonds is 4. The molecular formula is C11H12N2O2. The predicted octanol–water partition coefficient (Wildman–Crippen LogP) is 1.92. The van der Waals surface area contributed by atoms with Crippen molar-refractivity contribution < 1.29 is 9.90 Å². The molecule has 1 N–H and O–H groups in total. The summed E-state index contributed by atoms with van der Waals surface area (Å²) in [7, 11) is 0. The van der Waals surface area contributed by atoms with E-state index in [1.807, 2.05) is 13.0 Å². The fourth-order valence-corrected chi connectivity index (χ4v) is 1.43. The van der Waals surface area contributed by atoms with E-state index in [1.165, 1.54) is 12.4 Å². The zero-order valence-corrected chi connectivity index (χ0v) is 8.47. The normalized spacial score (nSPS) is 11.7. The van der Waals surface area contributed by atoms with Gasteiger partial charge in [-0.3, -0.25) is 9.78 Å². The monoisotopic (exact) mass is 204 g/mol. The van der Waals surface area contributed by atoms with Crippen LogP contribution in [0.5, 0.6) is 0 Å². The summed E-state index contributed by atoms with van der Waals surface area (Å²) in [4.78, 5) is 14.8. The average Bonchev–Trinajstić information content (AvgIpc) is 2.25. The third-order valence-corrected chi connectivity index (χ3v) is 2.17. The minimum Gasteiger partial charge on any atom is -0.481 e. The first kappa shape index (κ1) is 11.2. The fraction of sp³-hybridized carbons (Fsp3) is 0.364. The number of hydrogen-bond acceptors (Lipinski definition) is 3. The van der Waals surface area contributed by atoms with Crippen LogP contribution in [0.15, 0.2) is 18.5 Å². The van der Waals surface area contributed by atoms with Gasteiger partial charge in [0, 0.05) is 12.4 Å². The molecular weight excluding hydrogens is 192 g/mol. The van der Waals surface area contributed by atoms with Crippen molar-refractivity contribution in [2.24, 2.45) is 0 Å². The molecule has 1 aromatic heterocycles. The van der Waals surface area contributed by atoms with Gasteiger partial charge in [-0.1, -0.05) is 13.3 Å². The summed E-state index contributed by atoms with van der Waals surface area (Å²) >= 11 is 0. The van der Waals surface area contributed by atoms with Gasteiger partial charge in [0.2, 0.25) is 0 Å². The molecule has 4 heteroatoms. The van der Waals surface area contributed by atoms with E-state index in [2.05, 4.69) is 4.98 Å². The molecule has 78 valence electrons. The summed E-state index contributed by atoms with van der Waals surface area (Å²) < 4.78 is 0. The van der Waals surface area contributed by atoms with Crippen LogP contribution in [0.25, 0.3) is 0 Å². The highest BCUT2D eigenvalue weighted by molar-refractivity contribution is 5.76. The minimum atomic E-state index is -0.867. The summed E-state index contributed by atoms with van der Waals surface area (Å²) in [6, 6.07) is 3.53. The molecule has 0 aliphatic heterocycles. The van der Waals surface area contributed by atoms with Crippen molar-refractivity contribution in [3.8, 4) is 6.07 Å². The van der Waals surface area contributed by atoms with Gasteiger partial charge in [0.1, 0.15) is 6.07 Å². The number of hydrogen-bond donors (Lipinski definition) is 1. The van der Waals surface area contributed by atoms with Crippen LogP contribution < -0.4 is 0 Å². The van der Waals surface area contributed by atoms with Gasteiger partial charge in [0.25, 0.3) is 0 Å². The molecule has 0 fully saturated rings. The summed E-state index contributed by atoms with van der Waals surface area (Å²) in [5.41, 5.74) is 0.998. The van der Waals surface area contributed by atoms with Crippen molar-refractivity contribution in [1.29, 1.82) is 5.26 Å². The predicted molar refractivity (Wildman–Crippen MR) is 54.2 cm³/mol. The van der Waals surface area contributed by atoms with E-state index >= 15 is 0 Å². The standard InChI is InChI=1S/C11H12N2O2/c1-2-3-10(11(14)15)9-4-8(5-12)6-13-7-9/h4,6-7,10H,2-3H2,1H3,(H,14,15). The van der Waals surface area contributed by atoms with E-state index in [0.717, 1.165) is 6.42 Å². The molecule has 0 saturated carbocycles. The summed E-state index contributed by atoms with van der Waals surface area (Å²) in [6.07, 6.45) is 4.28. The van der Waals surface area contributed by atoms with Crippen LogP contribution in [-0.2, 0) is 4.79 Å². The molecule has 0 aromatic carbocycles. The maximum atomic E-state index is 11.0. The van der Waals surface area contributed by atoms with Gasteiger partial charge in [-0.25, -0.2) is 0 Å². The summed E-state index contributed by atoms with van der Waals surface area (Å²) in [5.74, 6) is -1.43. The molecule has 0 radical (unpaired) electrons. The molecule has 1 unspecified atom stereocenters. The Balaban J connectivity index is 3.01. The van der Waals surface area contributed by atoms with Gasteiger partial charge < -0.3 is 5.11 Å². The molecule has 0 aliphatic carbocycles. The number of aliphatic carboxylic acids is 1. The first-order chi connectivity index (χ1) is 7.19. The Morgan fingerprint density at radius 2 is 2.40 bits per heavy atom. The van der Waals surface area contributed by atoms with Crippen LogP contribution in [0.3, 0.4) is 0 Å². The minimum absolute atomic E-state index is 0.398. The number of pyridine rings is 1. The van der Waals surface area contributed by atoms with Crippen LogP contribution in [0, 0.1) is 11.3 Å². The van der Waals surface area contributed by atoms with Crippen molar-refractivity contribution in [2.45, 2.75) is 25.7 Å². The lowest BCUT2D eigenvalue weighted by atomic mass is 9.95. The van der Waals surface area contributed by atoms with E-state index in [-0.39, 0.29) is 0 Å². The second-order valence-electron chi connectivity index (χ2n) is 3.30. The highest BCUT2D eigenvalue weighted by Gasteiger charge is 2.19. The Morgan fingerprint density at radius 1 is 1.67 bits per heavy atom. The Labute approximate surface area is 88.2 Å². The highest BCUT2D eigenvalue weighted by atomic mass is 16.4. The number of nitriles is 1. The summed E-state index contributed by atoms with van der Waals surface area (Å²) in [6.45, 7) is 1.93. The van der Waals surface area contributed by atoms with E-state index < -0.39 is 11.9 Å². The van der Waals surface area contributed by atoms with Gasteiger partial charge in [-0.2, -0.15) is 5.26 Å². The molecule has 1 atom stereocenters. The quantitative estimate of drug-likeness (QED) is 0.813.